The van der Waals surface area contributed by atoms with Gasteiger partial charge in [-0.3, -0.25) is 9.78 Å². The van der Waals surface area contributed by atoms with Crippen molar-refractivity contribution in [1.82, 2.24) is 10.3 Å². The molecule has 1 aliphatic rings. The first-order valence-electron chi connectivity index (χ1n) is 7.24. The van der Waals surface area contributed by atoms with Gasteiger partial charge in [-0.05, 0) is 50.2 Å². The van der Waals surface area contributed by atoms with Gasteiger partial charge in [0.15, 0.2) is 0 Å². The van der Waals surface area contributed by atoms with Gasteiger partial charge in [-0.2, -0.15) is 0 Å². The van der Waals surface area contributed by atoms with E-state index in [4.69, 9.17) is 0 Å². The van der Waals surface area contributed by atoms with Crippen LogP contribution in [0.25, 0.3) is 0 Å². The van der Waals surface area contributed by atoms with Crippen LogP contribution in [0.2, 0.25) is 0 Å². The van der Waals surface area contributed by atoms with Crippen molar-refractivity contribution in [2.24, 2.45) is 5.92 Å². The van der Waals surface area contributed by atoms with Crippen LogP contribution in [-0.4, -0.2) is 37.4 Å². The molecule has 0 radical (unpaired) electrons. The van der Waals surface area contributed by atoms with Gasteiger partial charge < -0.3 is 5.32 Å². The number of nitrogens with one attached hydrogen (secondary N) is 1. The lowest BCUT2D eigenvalue weighted by Gasteiger charge is -2.28. The number of carbonyl (C=O) groups is 1. The van der Waals surface area contributed by atoms with Crippen molar-refractivity contribution in [3.63, 3.8) is 0 Å². The van der Waals surface area contributed by atoms with Crippen LogP contribution in [0, 0.1) is 12.8 Å². The summed E-state index contributed by atoms with van der Waals surface area (Å²) in [7, 11) is -2.91. The summed E-state index contributed by atoms with van der Waals surface area (Å²) in [5, 5.41) is 3.03. The van der Waals surface area contributed by atoms with E-state index in [1.807, 2.05) is 13.0 Å². The van der Waals surface area contributed by atoms with E-state index in [9.17, 15) is 13.2 Å². The molecule has 0 aromatic carbocycles. The van der Waals surface area contributed by atoms with Crippen molar-refractivity contribution in [3.8, 4) is 0 Å². The van der Waals surface area contributed by atoms with E-state index in [1.54, 1.807) is 12.4 Å². The number of hydrogen-bond donors (Lipinski definition) is 1. The van der Waals surface area contributed by atoms with Crippen molar-refractivity contribution in [2.45, 2.75) is 38.6 Å². The van der Waals surface area contributed by atoms with Crippen molar-refractivity contribution in [3.05, 3.63) is 29.6 Å². The molecular formula is C15H22N2O3S. The summed E-state index contributed by atoms with van der Waals surface area (Å²) in [6.45, 7) is 1.89. The van der Waals surface area contributed by atoms with E-state index in [0.717, 1.165) is 31.2 Å². The molecule has 0 spiro atoms. The highest BCUT2D eigenvalue weighted by atomic mass is 32.2. The third-order valence-corrected chi connectivity index (χ3v) is 5.08. The molecule has 1 N–H and O–H groups in total. The normalized spacial score (nSPS) is 22.8. The van der Waals surface area contributed by atoms with Crippen molar-refractivity contribution in [1.29, 1.82) is 0 Å². The van der Waals surface area contributed by atoms with E-state index < -0.39 is 9.84 Å². The smallest absolute Gasteiger partial charge is 0.253 e. The number of rotatable bonds is 4. The van der Waals surface area contributed by atoms with E-state index in [1.165, 1.54) is 6.26 Å². The molecule has 0 saturated heterocycles. The second-order valence-corrected chi connectivity index (χ2v) is 8.16. The number of amides is 1. The largest absolute Gasteiger partial charge is 0.349 e. The first-order valence-corrected chi connectivity index (χ1v) is 9.30. The first kappa shape index (κ1) is 15.9. The molecule has 0 aliphatic heterocycles. The fraction of sp³-hybridized carbons (Fsp3) is 0.600. The van der Waals surface area contributed by atoms with Crippen LogP contribution in [0.4, 0.5) is 0 Å². The second-order valence-electron chi connectivity index (χ2n) is 5.97. The lowest BCUT2D eigenvalue weighted by Crippen LogP contribution is -2.38. The minimum absolute atomic E-state index is 0.0906. The summed E-state index contributed by atoms with van der Waals surface area (Å²) in [6.07, 6.45) is 7.92. The molecule has 1 saturated carbocycles. The average Bonchev–Trinajstić information content (AvgIpc) is 2.40. The summed E-state index contributed by atoms with van der Waals surface area (Å²) in [6, 6.07) is 1.95. The number of carbonyl (C=O) groups excluding carboxylic acids is 1. The topological polar surface area (TPSA) is 76.1 Å². The van der Waals surface area contributed by atoms with E-state index in [-0.39, 0.29) is 23.6 Å². The quantitative estimate of drug-likeness (QED) is 0.919. The third kappa shape index (κ3) is 4.81. The molecule has 1 aromatic rings. The first-order chi connectivity index (χ1) is 9.85. The van der Waals surface area contributed by atoms with E-state index in [0.29, 0.717) is 5.56 Å². The van der Waals surface area contributed by atoms with Crippen molar-refractivity contribution in [2.75, 3.05) is 12.0 Å². The Morgan fingerprint density at radius 3 is 2.57 bits per heavy atom. The maximum atomic E-state index is 12.2. The molecule has 6 heteroatoms. The number of hydrogen-bond acceptors (Lipinski definition) is 4. The molecular weight excluding hydrogens is 288 g/mol. The lowest BCUT2D eigenvalue weighted by atomic mass is 9.87. The van der Waals surface area contributed by atoms with Gasteiger partial charge in [-0.15, -0.1) is 0 Å². The Balaban J connectivity index is 1.86. The Morgan fingerprint density at radius 1 is 1.33 bits per heavy atom. The molecule has 21 heavy (non-hydrogen) atoms. The zero-order valence-corrected chi connectivity index (χ0v) is 13.3. The van der Waals surface area contributed by atoms with Crippen LogP contribution in [0.15, 0.2) is 18.5 Å². The lowest BCUT2D eigenvalue weighted by molar-refractivity contribution is 0.0922. The van der Waals surface area contributed by atoms with Gasteiger partial charge >= 0.3 is 0 Å². The molecule has 0 atom stereocenters. The van der Waals surface area contributed by atoms with Crippen molar-refractivity contribution < 1.29 is 13.2 Å². The minimum Gasteiger partial charge on any atom is -0.349 e. The summed E-state index contributed by atoms with van der Waals surface area (Å²) in [5.74, 6) is 0.399. The summed E-state index contributed by atoms with van der Waals surface area (Å²) in [4.78, 5) is 16.2. The minimum atomic E-state index is -2.91. The summed E-state index contributed by atoms with van der Waals surface area (Å²) >= 11 is 0. The van der Waals surface area contributed by atoms with Gasteiger partial charge in [0.1, 0.15) is 9.84 Å². The second kappa shape index (κ2) is 6.56. The van der Waals surface area contributed by atoms with Gasteiger partial charge in [-0.25, -0.2) is 8.42 Å². The zero-order chi connectivity index (χ0) is 15.5. The number of pyridine rings is 1. The van der Waals surface area contributed by atoms with Crippen LogP contribution >= 0.6 is 0 Å². The van der Waals surface area contributed by atoms with Gasteiger partial charge in [0.25, 0.3) is 5.91 Å². The standard InChI is InChI=1S/C15H22N2O3S/c1-11-7-8-16-9-14(11)15(18)17-13-5-3-12(4-6-13)10-21(2,19)20/h7-9,12-13H,3-6,10H2,1-2H3,(H,17,18). The van der Waals surface area contributed by atoms with Crippen LogP contribution in [0.1, 0.15) is 41.6 Å². The van der Waals surface area contributed by atoms with Crippen LogP contribution in [0.5, 0.6) is 0 Å². The highest BCUT2D eigenvalue weighted by molar-refractivity contribution is 7.90. The van der Waals surface area contributed by atoms with Crippen molar-refractivity contribution >= 4 is 15.7 Å². The number of aromatic nitrogens is 1. The summed E-state index contributed by atoms with van der Waals surface area (Å²) in [5.41, 5.74) is 1.52. The fourth-order valence-corrected chi connectivity index (χ4v) is 4.06. The molecule has 1 aromatic heterocycles. The molecule has 1 aliphatic carbocycles. The van der Waals surface area contributed by atoms with Gasteiger partial charge in [0.2, 0.25) is 0 Å². The van der Waals surface area contributed by atoms with Crippen LogP contribution in [-0.2, 0) is 9.84 Å². The summed E-state index contributed by atoms with van der Waals surface area (Å²) < 4.78 is 22.6. The molecule has 116 valence electrons. The maximum Gasteiger partial charge on any atom is 0.253 e. The predicted molar refractivity (Wildman–Crippen MR) is 81.9 cm³/mol. The average molecular weight is 310 g/mol. The van der Waals surface area contributed by atoms with E-state index in [2.05, 4.69) is 10.3 Å². The molecule has 2 rings (SSSR count). The number of aryl methyl sites for hydroxylation is 1. The maximum absolute atomic E-state index is 12.2. The Kier molecular flexibility index (Phi) is 4.98. The molecule has 0 bridgehead atoms. The number of nitrogens with zero attached hydrogens (tertiary/aromatic N) is 1. The fourth-order valence-electron chi connectivity index (χ4n) is 2.87. The van der Waals surface area contributed by atoms with Gasteiger partial charge in [0, 0.05) is 24.7 Å². The predicted octanol–water partition coefficient (Wildman–Crippen LogP) is 1.72. The Morgan fingerprint density at radius 2 is 2.00 bits per heavy atom. The Bertz CT molecular complexity index is 605. The highest BCUT2D eigenvalue weighted by Gasteiger charge is 2.25. The van der Waals surface area contributed by atoms with Crippen LogP contribution in [0.3, 0.4) is 0 Å². The molecule has 1 heterocycles. The Labute approximate surface area is 126 Å². The SMILES string of the molecule is Cc1ccncc1C(=O)NC1CCC(CS(C)(=O)=O)CC1. The highest BCUT2D eigenvalue weighted by Crippen LogP contribution is 2.25. The Hall–Kier alpha value is -1.43. The zero-order valence-electron chi connectivity index (χ0n) is 12.5. The number of sulfone groups is 1. The monoisotopic (exact) mass is 310 g/mol. The van der Waals surface area contributed by atoms with E-state index >= 15 is 0 Å². The van der Waals surface area contributed by atoms with Gasteiger partial charge in [0.05, 0.1) is 11.3 Å². The molecule has 0 unspecified atom stereocenters. The molecule has 1 amide bonds. The van der Waals surface area contributed by atoms with Crippen LogP contribution < -0.4 is 5.32 Å². The molecule has 5 nitrogen and oxygen atoms in total. The third-order valence-electron chi connectivity index (χ3n) is 4.00. The molecule has 1 fully saturated rings. The van der Waals surface area contributed by atoms with Gasteiger partial charge in [-0.1, -0.05) is 0 Å².